The Morgan fingerprint density at radius 1 is 1.58 bits per heavy atom. The Bertz CT molecular complexity index is 636. The molecule has 0 spiro atoms. The predicted octanol–water partition coefficient (Wildman–Crippen LogP) is 1.59. The highest BCUT2D eigenvalue weighted by molar-refractivity contribution is 7.17. The summed E-state index contributed by atoms with van der Waals surface area (Å²) in [4.78, 5) is 21.6. The second kappa shape index (κ2) is 5.03. The Labute approximate surface area is 115 Å². The van der Waals surface area contributed by atoms with Gasteiger partial charge in [0.2, 0.25) is 0 Å². The van der Waals surface area contributed by atoms with E-state index in [0.717, 1.165) is 24.5 Å². The lowest BCUT2D eigenvalue weighted by atomic mass is 10.2. The number of aromatic nitrogens is 2. The number of H-pyrrole nitrogens is 1. The molecule has 2 aromatic rings. The van der Waals surface area contributed by atoms with E-state index >= 15 is 0 Å². The molecule has 1 aliphatic rings. The highest BCUT2D eigenvalue weighted by Gasteiger charge is 2.24. The molecule has 0 bridgehead atoms. The van der Waals surface area contributed by atoms with Crippen LogP contribution < -0.4 is 5.56 Å². The van der Waals surface area contributed by atoms with Crippen LogP contribution in [-0.2, 0) is 11.3 Å². The number of morpholine rings is 1. The number of nitrogens with zero attached hydrogens (tertiary/aromatic N) is 2. The largest absolute Gasteiger partial charge is 0.376 e. The zero-order valence-corrected chi connectivity index (χ0v) is 11.9. The average Bonchev–Trinajstić information content (AvgIpc) is 2.82. The SMILES string of the molecule is C[C@@H]1CN(Cc2nc3ccsc3c(=O)[nH]2)[C@@H](C)CO1. The van der Waals surface area contributed by atoms with E-state index < -0.39 is 0 Å². The minimum absolute atomic E-state index is 0.0380. The van der Waals surface area contributed by atoms with Crippen LogP contribution in [0.2, 0.25) is 0 Å². The minimum atomic E-state index is -0.0380. The first-order valence-corrected chi connectivity index (χ1v) is 7.33. The van der Waals surface area contributed by atoms with Gasteiger partial charge in [-0.1, -0.05) is 0 Å². The molecule has 1 fully saturated rings. The van der Waals surface area contributed by atoms with Crippen molar-refractivity contribution < 1.29 is 4.74 Å². The molecule has 5 nitrogen and oxygen atoms in total. The lowest BCUT2D eigenvalue weighted by Crippen LogP contribution is -2.47. The Kier molecular flexibility index (Phi) is 3.38. The van der Waals surface area contributed by atoms with Gasteiger partial charge in [0.25, 0.3) is 5.56 Å². The van der Waals surface area contributed by atoms with E-state index in [1.54, 1.807) is 0 Å². The third-order valence-electron chi connectivity index (χ3n) is 3.45. The average molecular weight is 279 g/mol. The summed E-state index contributed by atoms with van der Waals surface area (Å²) in [5.41, 5.74) is 0.752. The van der Waals surface area contributed by atoms with Gasteiger partial charge in [-0.2, -0.15) is 0 Å². The molecular weight excluding hydrogens is 262 g/mol. The van der Waals surface area contributed by atoms with Crippen LogP contribution >= 0.6 is 11.3 Å². The number of nitrogens with one attached hydrogen (secondary N) is 1. The number of fused-ring (bicyclic) bond motifs is 1. The first-order chi connectivity index (χ1) is 9.13. The minimum Gasteiger partial charge on any atom is -0.376 e. The lowest BCUT2D eigenvalue weighted by molar-refractivity contribution is -0.0534. The van der Waals surface area contributed by atoms with E-state index in [0.29, 0.717) is 17.3 Å². The van der Waals surface area contributed by atoms with Crippen molar-refractivity contribution in [3.05, 3.63) is 27.6 Å². The van der Waals surface area contributed by atoms with E-state index in [-0.39, 0.29) is 11.7 Å². The molecule has 6 heteroatoms. The number of rotatable bonds is 2. The topological polar surface area (TPSA) is 58.2 Å². The third-order valence-corrected chi connectivity index (χ3v) is 4.36. The summed E-state index contributed by atoms with van der Waals surface area (Å²) >= 11 is 1.43. The molecule has 1 N–H and O–H groups in total. The summed E-state index contributed by atoms with van der Waals surface area (Å²) in [5.74, 6) is 0.733. The fourth-order valence-electron chi connectivity index (χ4n) is 2.38. The molecule has 2 atom stereocenters. The van der Waals surface area contributed by atoms with Crippen LogP contribution in [0.3, 0.4) is 0 Å². The molecular formula is C13H17N3O2S. The smallest absolute Gasteiger partial charge is 0.268 e. The monoisotopic (exact) mass is 279 g/mol. The molecule has 0 aliphatic carbocycles. The zero-order valence-electron chi connectivity index (χ0n) is 11.0. The quantitative estimate of drug-likeness (QED) is 0.907. The van der Waals surface area contributed by atoms with Crippen molar-refractivity contribution in [1.82, 2.24) is 14.9 Å². The van der Waals surface area contributed by atoms with E-state index in [2.05, 4.69) is 28.7 Å². The Hall–Kier alpha value is -1.24. The van der Waals surface area contributed by atoms with Crippen LogP contribution in [0.15, 0.2) is 16.2 Å². The highest BCUT2D eigenvalue weighted by atomic mass is 32.1. The van der Waals surface area contributed by atoms with Gasteiger partial charge in [0.1, 0.15) is 10.5 Å². The Balaban J connectivity index is 1.86. The molecule has 19 heavy (non-hydrogen) atoms. The normalized spacial score (nSPS) is 24.9. The van der Waals surface area contributed by atoms with Crippen LogP contribution in [0.1, 0.15) is 19.7 Å². The molecule has 3 rings (SSSR count). The van der Waals surface area contributed by atoms with Crippen molar-refractivity contribution in [3.8, 4) is 0 Å². The number of hydrogen-bond acceptors (Lipinski definition) is 5. The Morgan fingerprint density at radius 3 is 3.26 bits per heavy atom. The van der Waals surface area contributed by atoms with Gasteiger partial charge < -0.3 is 9.72 Å². The summed E-state index contributed by atoms with van der Waals surface area (Å²) in [7, 11) is 0. The van der Waals surface area contributed by atoms with Crippen LogP contribution in [0.5, 0.6) is 0 Å². The highest BCUT2D eigenvalue weighted by Crippen LogP contribution is 2.16. The van der Waals surface area contributed by atoms with Gasteiger partial charge in [0.15, 0.2) is 0 Å². The van der Waals surface area contributed by atoms with E-state index in [1.807, 2.05) is 11.4 Å². The number of thiophene rings is 1. The first-order valence-electron chi connectivity index (χ1n) is 6.45. The van der Waals surface area contributed by atoms with Gasteiger partial charge in [-0.15, -0.1) is 11.3 Å². The summed E-state index contributed by atoms with van der Waals surface area (Å²) in [6.45, 7) is 6.46. The molecule has 0 unspecified atom stereocenters. The summed E-state index contributed by atoms with van der Waals surface area (Å²) in [6, 6.07) is 2.24. The molecule has 0 radical (unpaired) electrons. The van der Waals surface area contributed by atoms with Gasteiger partial charge in [0.05, 0.1) is 24.8 Å². The zero-order chi connectivity index (χ0) is 13.4. The standard InChI is InChI=1S/C13H17N3O2S/c1-8-7-18-9(2)5-16(8)6-11-14-10-3-4-19-12(10)13(17)15-11/h3-4,8-9H,5-7H2,1-2H3,(H,14,15,17)/t8-,9+/m0/s1. The van der Waals surface area contributed by atoms with Gasteiger partial charge in [-0.05, 0) is 25.3 Å². The summed E-state index contributed by atoms with van der Waals surface area (Å²) < 4.78 is 6.31. The van der Waals surface area contributed by atoms with Gasteiger partial charge >= 0.3 is 0 Å². The second-order valence-electron chi connectivity index (χ2n) is 5.07. The van der Waals surface area contributed by atoms with Crippen molar-refractivity contribution in [3.63, 3.8) is 0 Å². The number of hydrogen-bond donors (Lipinski definition) is 1. The summed E-state index contributed by atoms with van der Waals surface area (Å²) in [5, 5.41) is 1.90. The van der Waals surface area contributed by atoms with Crippen molar-refractivity contribution >= 4 is 21.6 Å². The molecule has 0 saturated carbocycles. The lowest BCUT2D eigenvalue weighted by Gasteiger charge is -2.36. The van der Waals surface area contributed by atoms with Crippen molar-refractivity contribution in [1.29, 1.82) is 0 Å². The molecule has 2 aromatic heterocycles. The van der Waals surface area contributed by atoms with E-state index in [9.17, 15) is 4.79 Å². The molecule has 1 aliphatic heterocycles. The van der Waals surface area contributed by atoms with E-state index in [1.165, 1.54) is 11.3 Å². The second-order valence-corrected chi connectivity index (χ2v) is 5.99. The fraction of sp³-hybridized carbons (Fsp3) is 0.538. The summed E-state index contributed by atoms with van der Waals surface area (Å²) in [6.07, 6.45) is 0.229. The van der Waals surface area contributed by atoms with Crippen molar-refractivity contribution in [2.24, 2.45) is 0 Å². The van der Waals surface area contributed by atoms with Gasteiger partial charge in [-0.25, -0.2) is 4.98 Å². The fourth-order valence-corrected chi connectivity index (χ4v) is 3.11. The van der Waals surface area contributed by atoms with Crippen LogP contribution in [0, 0.1) is 0 Å². The Morgan fingerprint density at radius 2 is 2.42 bits per heavy atom. The predicted molar refractivity (Wildman–Crippen MR) is 75.5 cm³/mol. The maximum atomic E-state index is 11.9. The van der Waals surface area contributed by atoms with Crippen LogP contribution in [0.25, 0.3) is 10.2 Å². The van der Waals surface area contributed by atoms with Crippen LogP contribution in [-0.4, -0.2) is 40.2 Å². The van der Waals surface area contributed by atoms with E-state index in [4.69, 9.17) is 4.74 Å². The van der Waals surface area contributed by atoms with Crippen molar-refractivity contribution in [2.75, 3.05) is 13.2 Å². The van der Waals surface area contributed by atoms with Crippen molar-refractivity contribution in [2.45, 2.75) is 32.5 Å². The van der Waals surface area contributed by atoms with Gasteiger partial charge in [0, 0.05) is 12.6 Å². The molecule has 3 heterocycles. The first kappa shape index (κ1) is 12.8. The molecule has 0 amide bonds. The number of aromatic amines is 1. The maximum Gasteiger partial charge on any atom is 0.268 e. The number of ether oxygens (including phenoxy) is 1. The van der Waals surface area contributed by atoms with Crippen LogP contribution in [0.4, 0.5) is 0 Å². The van der Waals surface area contributed by atoms with Gasteiger partial charge in [-0.3, -0.25) is 9.69 Å². The molecule has 102 valence electrons. The molecule has 0 aromatic carbocycles. The third kappa shape index (κ3) is 2.56. The molecule has 1 saturated heterocycles. The maximum absolute atomic E-state index is 11.9.